The second-order valence-electron chi connectivity index (χ2n) is 6.08. The van der Waals surface area contributed by atoms with Crippen LogP contribution in [0.25, 0.3) is 0 Å². The molecule has 6 heteroatoms. The summed E-state index contributed by atoms with van der Waals surface area (Å²) in [4.78, 5) is 11.8. The van der Waals surface area contributed by atoms with Crippen LogP contribution in [0.15, 0.2) is 6.20 Å². The van der Waals surface area contributed by atoms with E-state index in [2.05, 4.69) is 34.8 Å². The van der Waals surface area contributed by atoms with E-state index in [9.17, 15) is 4.79 Å². The molecular formula is C14H25N5O. The summed E-state index contributed by atoms with van der Waals surface area (Å²) >= 11 is 0. The Hall–Kier alpha value is -1.43. The highest BCUT2D eigenvalue weighted by Crippen LogP contribution is 2.27. The van der Waals surface area contributed by atoms with Gasteiger partial charge in [-0.25, -0.2) is 4.68 Å². The maximum absolute atomic E-state index is 11.8. The van der Waals surface area contributed by atoms with Crippen molar-refractivity contribution in [1.82, 2.24) is 25.6 Å². The quantitative estimate of drug-likeness (QED) is 0.743. The number of nitrogens with zero attached hydrogens (tertiary/aromatic N) is 3. The molecule has 1 aliphatic carbocycles. The second-order valence-corrected chi connectivity index (χ2v) is 6.08. The van der Waals surface area contributed by atoms with Gasteiger partial charge in [0.25, 0.3) is 0 Å². The lowest BCUT2D eigenvalue weighted by molar-refractivity contribution is -0.122. The standard InChI is InChI=1S/C14H25N5O/c1-10(2)11(3)16-14(20)9-19-8-13(17-18-19)7-15-6-12-4-5-12/h8,10-12,15H,4-7,9H2,1-3H3,(H,16,20). The number of hydrogen-bond donors (Lipinski definition) is 2. The molecule has 1 unspecified atom stereocenters. The van der Waals surface area contributed by atoms with Crippen molar-refractivity contribution in [2.24, 2.45) is 11.8 Å². The first-order chi connectivity index (χ1) is 9.54. The highest BCUT2D eigenvalue weighted by atomic mass is 16.2. The Kier molecular flexibility index (Phi) is 5.11. The molecule has 0 bridgehead atoms. The van der Waals surface area contributed by atoms with Crippen LogP contribution in [0.1, 0.15) is 39.3 Å². The number of hydrogen-bond acceptors (Lipinski definition) is 4. The molecule has 112 valence electrons. The van der Waals surface area contributed by atoms with E-state index in [1.165, 1.54) is 12.8 Å². The van der Waals surface area contributed by atoms with E-state index >= 15 is 0 Å². The average Bonchev–Trinajstić information content (AvgIpc) is 3.09. The van der Waals surface area contributed by atoms with E-state index in [4.69, 9.17) is 0 Å². The minimum absolute atomic E-state index is 0.0198. The molecule has 1 aliphatic rings. The van der Waals surface area contributed by atoms with Crippen molar-refractivity contribution >= 4 is 5.91 Å². The Balaban J connectivity index is 1.72. The summed E-state index contributed by atoms with van der Waals surface area (Å²) in [6, 6.07) is 0.172. The third-order valence-electron chi connectivity index (χ3n) is 3.72. The molecule has 20 heavy (non-hydrogen) atoms. The molecule has 1 heterocycles. The van der Waals surface area contributed by atoms with E-state index in [1.54, 1.807) is 4.68 Å². The molecule has 0 aliphatic heterocycles. The van der Waals surface area contributed by atoms with Gasteiger partial charge in [0.05, 0.1) is 11.9 Å². The van der Waals surface area contributed by atoms with Gasteiger partial charge in [-0.1, -0.05) is 19.1 Å². The van der Waals surface area contributed by atoms with Crippen molar-refractivity contribution in [3.63, 3.8) is 0 Å². The van der Waals surface area contributed by atoms with E-state index in [0.29, 0.717) is 5.92 Å². The zero-order valence-electron chi connectivity index (χ0n) is 12.6. The van der Waals surface area contributed by atoms with Crippen molar-refractivity contribution in [2.75, 3.05) is 6.54 Å². The van der Waals surface area contributed by atoms with E-state index in [0.717, 1.165) is 24.7 Å². The van der Waals surface area contributed by atoms with Gasteiger partial charge < -0.3 is 10.6 Å². The predicted octanol–water partition coefficient (Wildman–Crippen LogP) is 0.938. The molecule has 1 saturated carbocycles. The van der Waals surface area contributed by atoms with Crippen LogP contribution in [0.2, 0.25) is 0 Å². The fourth-order valence-electron chi connectivity index (χ4n) is 1.84. The van der Waals surface area contributed by atoms with E-state index in [1.807, 2.05) is 13.1 Å². The summed E-state index contributed by atoms with van der Waals surface area (Å²) in [7, 11) is 0. The van der Waals surface area contributed by atoms with Crippen LogP contribution < -0.4 is 10.6 Å². The van der Waals surface area contributed by atoms with Crippen LogP contribution in [-0.4, -0.2) is 33.5 Å². The zero-order chi connectivity index (χ0) is 14.5. The molecule has 6 nitrogen and oxygen atoms in total. The second kappa shape index (κ2) is 6.83. The maximum Gasteiger partial charge on any atom is 0.242 e. The number of carbonyl (C=O) groups is 1. The largest absolute Gasteiger partial charge is 0.352 e. The Morgan fingerprint density at radius 1 is 1.45 bits per heavy atom. The topological polar surface area (TPSA) is 71.8 Å². The molecule has 0 aromatic carbocycles. The fraction of sp³-hybridized carbons (Fsp3) is 0.786. The maximum atomic E-state index is 11.8. The minimum atomic E-state index is -0.0198. The van der Waals surface area contributed by atoms with Crippen molar-refractivity contribution in [2.45, 2.75) is 52.7 Å². The van der Waals surface area contributed by atoms with Gasteiger partial charge in [0.2, 0.25) is 5.91 Å². The Morgan fingerprint density at radius 2 is 2.20 bits per heavy atom. The number of amides is 1. The molecule has 0 spiro atoms. The minimum Gasteiger partial charge on any atom is -0.352 e. The molecular weight excluding hydrogens is 254 g/mol. The number of nitrogens with one attached hydrogen (secondary N) is 2. The first-order valence-electron chi connectivity index (χ1n) is 7.43. The number of carbonyl (C=O) groups excluding carboxylic acids is 1. The number of aromatic nitrogens is 3. The van der Waals surface area contributed by atoms with Gasteiger partial charge in [0.15, 0.2) is 0 Å². The average molecular weight is 279 g/mol. The van der Waals surface area contributed by atoms with Gasteiger partial charge in [-0.15, -0.1) is 5.10 Å². The smallest absolute Gasteiger partial charge is 0.242 e. The van der Waals surface area contributed by atoms with Crippen LogP contribution >= 0.6 is 0 Å². The Bertz CT molecular complexity index is 439. The fourth-order valence-corrected chi connectivity index (χ4v) is 1.84. The predicted molar refractivity (Wildman–Crippen MR) is 76.9 cm³/mol. The lowest BCUT2D eigenvalue weighted by atomic mass is 10.1. The normalized spacial score (nSPS) is 16.4. The third kappa shape index (κ3) is 4.92. The van der Waals surface area contributed by atoms with Crippen LogP contribution in [0, 0.1) is 11.8 Å². The molecule has 1 fully saturated rings. The highest BCUT2D eigenvalue weighted by Gasteiger charge is 2.20. The van der Waals surface area contributed by atoms with Crippen LogP contribution in [0.4, 0.5) is 0 Å². The number of rotatable bonds is 8. The lowest BCUT2D eigenvalue weighted by Crippen LogP contribution is -2.38. The summed E-state index contributed by atoms with van der Waals surface area (Å²) in [6.45, 7) is 8.19. The molecule has 0 saturated heterocycles. The summed E-state index contributed by atoms with van der Waals surface area (Å²) in [6.07, 6.45) is 4.52. The molecule has 1 amide bonds. The molecule has 2 N–H and O–H groups in total. The van der Waals surface area contributed by atoms with Gasteiger partial charge >= 0.3 is 0 Å². The summed E-state index contributed by atoms with van der Waals surface area (Å²) in [5.41, 5.74) is 0.885. The summed E-state index contributed by atoms with van der Waals surface area (Å²) in [5, 5.41) is 14.4. The molecule has 1 aromatic rings. The lowest BCUT2D eigenvalue weighted by Gasteiger charge is -2.17. The van der Waals surface area contributed by atoms with Crippen molar-refractivity contribution in [1.29, 1.82) is 0 Å². The van der Waals surface area contributed by atoms with E-state index < -0.39 is 0 Å². The summed E-state index contributed by atoms with van der Waals surface area (Å²) in [5.74, 6) is 1.26. The molecule has 1 aromatic heterocycles. The first-order valence-corrected chi connectivity index (χ1v) is 7.43. The third-order valence-corrected chi connectivity index (χ3v) is 3.72. The van der Waals surface area contributed by atoms with Gasteiger partial charge in [-0.3, -0.25) is 4.79 Å². The van der Waals surface area contributed by atoms with Gasteiger partial charge in [-0.2, -0.15) is 0 Å². The van der Waals surface area contributed by atoms with Crippen LogP contribution in [0.3, 0.4) is 0 Å². The first kappa shape index (κ1) is 15.0. The van der Waals surface area contributed by atoms with Gasteiger partial charge in [-0.05, 0) is 38.1 Å². The molecule has 2 rings (SSSR count). The SMILES string of the molecule is CC(C)C(C)NC(=O)Cn1cc(CNCC2CC2)nn1. The van der Waals surface area contributed by atoms with E-state index in [-0.39, 0.29) is 18.5 Å². The molecule has 1 atom stereocenters. The van der Waals surface area contributed by atoms with Gasteiger partial charge in [0.1, 0.15) is 6.54 Å². The Morgan fingerprint density at radius 3 is 2.85 bits per heavy atom. The Labute approximate surface area is 120 Å². The van der Waals surface area contributed by atoms with Crippen molar-refractivity contribution in [3.05, 3.63) is 11.9 Å². The zero-order valence-corrected chi connectivity index (χ0v) is 12.6. The highest BCUT2D eigenvalue weighted by molar-refractivity contribution is 5.75. The monoisotopic (exact) mass is 279 g/mol. The van der Waals surface area contributed by atoms with Crippen LogP contribution in [0.5, 0.6) is 0 Å². The van der Waals surface area contributed by atoms with Gasteiger partial charge in [0, 0.05) is 12.6 Å². The van der Waals surface area contributed by atoms with Crippen LogP contribution in [-0.2, 0) is 17.9 Å². The van der Waals surface area contributed by atoms with Crippen molar-refractivity contribution in [3.8, 4) is 0 Å². The van der Waals surface area contributed by atoms with Crippen molar-refractivity contribution < 1.29 is 4.79 Å². The molecule has 0 radical (unpaired) electrons. The summed E-state index contributed by atoms with van der Waals surface area (Å²) < 4.78 is 1.59.